The van der Waals surface area contributed by atoms with Crippen molar-refractivity contribution in [1.82, 2.24) is 9.21 Å². The zero-order chi connectivity index (χ0) is 14.8. The van der Waals surface area contributed by atoms with Crippen molar-refractivity contribution < 1.29 is 8.42 Å². The van der Waals surface area contributed by atoms with E-state index in [1.165, 1.54) is 12.1 Å². The highest BCUT2D eigenvalue weighted by Gasteiger charge is 2.29. The highest BCUT2D eigenvalue weighted by molar-refractivity contribution is 7.89. The lowest BCUT2D eigenvalue weighted by Crippen LogP contribution is -2.44. The molecule has 1 aromatic rings. The summed E-state index contributed by atoms with van der Waals surface area (Å²) in [7, 11) is 0.627. The van der Waals surface area contributed by atoms with Crippen LogP contribution in [0, 0.1) is 6.57 Å². The van der Waals surface area contributed by atoms with Crippen LogP contribution in [0.1, 0.15) is 12.8 Å². The predicted octanol–water partition coefficient (Wildman–Crippen LogP) is 1.95. The third kappa shape index (κ3) is 3.01. The molecule has 0 saturated carbocycles. The van der Waals surface area contributed by atoms with E-state index in [9.17, 15) is 8.42 Å². The molecule has 0 amide bonds. The van der Waals surface area contributed by atoms with Crippen LogP contribution in [-0.2, 0) is 10.0 Å². The Bertz CT molecular complexity index is 594. The number of hydrogen-bond donors (Lipinski definition) is 0. The lowest BCUT2D eigenvalue weighted by atomic mass is 10.1. The summed E-state index contributed by atoms with van der Waals surface area (Å²) in [6.07, 6.45) is 1.71. The van der Waals surface area contributed by atoms with Gasteiger partial charge >= 0.3 is 0 Å². The van der Waals surface area contributed by atoms with Gasteiger partial charge in [0.1, 0.15) is 0 Å². The Labute approximate surface area is 120 Å². The average Bonchev–Trinajstić information content (AvgIpc) is 2.47. The minimum Gasteiger partial charge on any atom is -0.306 e. The largest absolute Gasteiger partial charge is 0.306 e. The Morgan fingerprint density at radius 3 is 2.20 bits per heavy atom. The number of sulfonamides is 1. The van der Waals surface area contributed by atoms with Crippen molar-refractivity contribution in [3.8, 4) is 0 Å². The second kappa shape index (κ2) is 5.92. The van der Waals surface area contributed by atoms with Gasteiger partial charge in [0.2, 0.25) is 10.0 Å². The molecular formula is C14H19N3O2S. The first kappa shape index (κ1) is 15.0. The summed E-state index contributed by atoms with van der Waals surface area (Å²) in [5, 5.41) is 0. The third-order valence-corrected chi connectivity index (χ3v) is 5.67. The summed E-state index contributed by atoms with van der Waals surface area (Å²) >= 11 is 0. The number of hydrogen-bond acceptors (Lipinski definition) is 3. The van der Waals surface area contributed by atoms with Gasteiger partial charge in [0.05, 0.1) is 11.5 Å². The average molecular weight is 293 g/mol. The van der Waals surface area contributed by atoms with Gasteiger partial charge in [-0.1, -0.05) is 24.3 Å². The van der Waals surface area contributed by atoms with Crippen LogP contribution in [0.5, 0.6) is 0 Å². The Morgan fingerprint density at radius 2 is 1.75 bits per heavy atom. The molecule has 108 valence electrons. The smallest absolute Gasteiger partial charge is 0.242 e. The molecule has 1 heterocycles. The van der Waals surface area contributed by atoms with E-state index in [-0.39, 0.29) is 4.90 Å². The highest BCUT2D eigenvalue weighted by atomic mass is 32.2. The first-order valence-electron chi connectivity index (χ1n) is 6.59. The molecule has 20 heavy (non-hydrogen) atoms. The van der Waals surface area contributed by atoms with Gasteiger partial charge in [-0.2, -0.15) is 4.31 Å². The van der Waals surface area contributed by atoms with Gasteiger partial charge in [0.15, 0.2) is 5.69 Å². The van der Waals surface area contributed by atoms with E-state index in [2.05, 4.69) is 9.74 Å². The molecule has 0 aromatic heterocycles. The minimum atomic E-state index is -3.42. The van der Waals surface area contributed by atoms with Crippen LogP contribution < -0.4 is 0 Å². The number of piperidine rings is 1. The van der Waals surface area contributed by atoms with E-state index in [4.69, 9.17) is 6.57 Å². The third-order valence-electron chi connectivity index (χ3n) is 3.76. The molecule has 0 bridgehead atoms. The fourth-order valence-corrected chi connectivity index (χ4v) is 3.91. The van der Waals surface area contributed by atoms with E-state index in [0.29, 0.717) is 24.8 Å². The van der Waals surface area contributed by atoms with Crippen LogP contribution in [-0.4, -0.2) is 50.8 Å². The Hall–Kier alpha value is -1.42. The maximum absolute atomic E-state index is 12.5. The molecule has 0 N–H and O–H groups in total. The monoisotopic (exact) mass is 293 g/mol. The van der Waals surface area contributed by atoms with Crippen molar-refractivity contribution in [1.29, 1.82) is 0 Å². The van der Waals surface area contributed by atoms with E-state index in [0.717, 1.165) is 12.8 Å². The Balaban J connectivity index is 2.13. The van der Waals surface area contributed by atoms with E-state index in [1.807, 2.05) is 14.1 Å². The number of rotatable bonds is 3. The second-order valence-electron chi connectivity index (χ2n) is 5.20. The van der Waals surface area contributed by atoms with Gasteiger partial charge < -0.3 is 4.90 Å². The quantitative estimate of drug-likeness (QED) is 0.800. The zero-order valence-corrected chi connectivity index (χ0v) is 12.6. The van der Waals surface area contributed by atoms with E-state index in [1.54, 1.807) is 16.4 Å². The normalized spacial score (nSPS) is 18.1. The maximum atomic E-state index is 12.5. The summed E-state index contributed by atoms with van der Waals surface area (Å²) in [6.45, 7) is 7.99. The lowest BCUT2D eigenvalue weighted by molar-refractivity contribution is 0.196. The van der Waals surface area contributed by atoms with Crippen molar-refractivity contribution in [3.05, 3.63) is 35.7 Å². The van der Waals surface area contributed by atoms with E-state index < -0.39 is 10.0 Å². The molecule has 1 fully saturated rings. The first-order valence-corrected chi connectivity index (χ1v) is 8.03. The predicted molar refractivity (Wildman–Crippen MR) is 78.2 cm³/mol. The van der Waals surface area contributed by atoms with Gasteiger partial charge in [0, 0.05) is 19.1 Å². The standard InChI is InChI=1S/C14H19N3O2S/c1-15-12-4-6-14(7-5-12)20(18,19)17-10-8-13(9-11-17)16(2)3/h4-7,13H,8-11H2,2-3H3. The van der Waals surface area contributed by atoms with Crippen LogP contribution in [0.2, 0.25) is 0 Å². The molecule has 1 aliphatic heterocycles. The summed E-state index contributed by atoms with van der Waals surface area (Å²) in [5.41, 5.74) is 0.454. The van der Waals surface area contributed by atoms with Crippen molar-refractivity contribution in [2.45, 2.75) is 23.8 Å². The molecule has 0 aliphatic carbocycles. The lowest BCUT2D eigenvalue weighted by Gasteiger charge is -2.34. The molecule has 1 saturated heterocycles. The molecule has 0 atom stereocenters. The van der Waals surface area contributed by atoms with Gasteiger partial charge in [-0.05, 0) is 26.9 Å². The molecule has 1 aliphatic rings. The van der Waals surface area contributed by atoms with Crippen LogP contribution in [0.4, 0.5) is 5.69 Å². The molecule has 0 unspecified atom stereocenters. The van der Waals surface area contributed by atoms with Gasteiger partial charge in [-0.15, -0.1) is 0 Å². The van der Waals surface area contributed by atoms with Crippen molar-refractivity contribution in [3.63, 3.8) is 0 Å². The Morgan fingerprint density at radius 1 is 1.20 bits per heavy atom. The molecule has 5 nitrogen and oxygen atoms in total. The van der Waals surface area contributed by atoms with Crippen LogP contribution in [0.15, 0.2) is 29.2 Å². The summed E-state index contributed by atoms with van der Waals surface area (Å²) < 4.78 is 26.5. The van der Waals surface area contributed by atoms with Crippen molar-refractivity contribution in [2.75, 3.05) is 27.2 Å². The summed E-state index contributed by atoms with van der Waals surface area (Å²) in [5.74, 6) is 0. The van der Waals surface area contributed by atoms with Gasteiger partial charge in [-0.25, -0.2) is 13.3 Å². The highest BCUT2D eigenvalue weighted by Crippen LogP contribution is 2.23. The van der Waals surface area contributed by atoms with Crippen LogP contribution in [0.25, 0.3) is 4.85 Å². The topological polar surface area (TPSA) is 45.0 Å². The number of nitrogens with zero attached hydrogens (tertiary/aromatic N) is 3. The molecular weight excluding hydrogens is 274 g/mol. The zero-order valence-electron chi connectivity index (χ0n) is 11.8. The fraction of sp³-hybridized carbons (Fsp3) is 0.500. The first-order chi connectivity index (χ1) is 9.45. The number of benzene rings is 1. The maximum Gasteiger partial charge on any atom is 0.242 e. The fourth-order valence-electron chi connectivity index (χ4n) is 2.44. The van der Waals surface area contributed by atoms with Crippen LogP contribution >= 0.6 is 0 Å². The van der Waals surface area contributed by atoms with Crippen LogP contribution in [0.3, 0.4) is 0 Å². The van der Waals surface area contributed by atoms with Gasteiger partial charge in [0.25, 0.3) is 0 Å². The SMILES string of the molecule is [C-]#[N+]c1ccc(S(=O)(=O)N2CCC(N(C)C)CC2)cc1. The molecule has 6 heteroatoms. The molecule has 0 spiro atoms. The molecule has 2 rings (SSSR count). The summed E-state index contributed by atoms with van der Waals surface area (Å²) in [6, 6.07) is 6.58. The van der Waals surface area contributed by atoms with Crippen molar-refractivity contribution in [2.24, 2.45) is 0 Å². The second-order valence-corrected chi connectivity index (χ2v) is 7.14. The van der Waals surface area contributed by atoms with E-state index >= 15 is 0 Å². The van der Waals surface area contributed by atoms with Crippen molar-refractivity contribution >= 4 is 15.7 Å². The Kier molecular flexibility index (Phi) is 4.43. The molecule has 1 aromatic carbocycles. The van der Waals surface area contributed by atoms with Gasteiger partial charge in [-0.3, -0.25) is 0 Å². The minimum absolute atomic E-state index is 0.271. The summed E-state index contributed by atoms with van der Waals surface area (Å²) in [4.78, 5) is 5.69. The molecule has 0 radical (unpaired) electrons.